The molecular weight excluding hydrogens is 454 g/mol. The lowest BCUT2D eigenvalue weighted by Crippen LogP contribution is -2.41. The molecule has 8 heteroatoms. The van der Waals surface area contributed by atoms with E-state index in [1.165, 1.54) is 6.07 Å². The van der Waals surface area contributed by atoms with E-state index in [9.17, 15) is 4.39 Å². The summed E-state index contributed by atoms with van der Waals surface area (Å²) in [5.74, 6) is 1.35. The number of likely N-dealkylation sites (N-methyl/N-ethyl adjacent to an activating group) is 1. The number of benzene rings is 1. The predicted octanol–water partition coefficient (Wildman–Crippen LogP) is 2.55. The summed E-state index contributed by atoms with van der Waals surface area (Å²) in [5.41, 5.74) is 2.11. The Morgan fingerprint density at radius 2 is 2.04 bits per heavy atom. The summed E-state index contributed by atoms with van der Waals surface area (Å²) in [5, 5.41) is 6.57. The first kappa shape index (κ1) is 24.4. The molecule has 0 bridgehead atoms. The lowest BCUT2D eigenvalue weighted by atomic mass is 10.1. The average molecular weight is 484 g/mol. The maximum Gasteiger partial charge on any atom is 0.191 e. The molecule has 5 nitrogen and oxygen atoms in total. The minimum absolute atomic E-state index is 0. The van der Waals surface area contributed by atoms with Gasteiger partial charge in [0.25, 0.3) is 0 Å². The Bertz CT molecular complexity index is 519. The smallest absolute Gasteiger partial charge is 0.191 e. The number of ether oxygens (including phenoxy) is 1. The van der Waals surface area contributed by atoms with Crippen molar-refractivity contribution >= 4 is 41.7 Å². The number of rotatable bonds is 10. The highest BCUT2D eigenvalue weighted by Gasteiger charge is 2.06. The molecule has 144 valence electrons. The van der Waals surface area contributed by atoms with Crippen molar-refractivity contribution in [1.29, 1.82) is 0 Å². The van der Waals surface area contributed by atoms with Gasteiger partial charge in [0.15, 0.2) is 5.96 Å². The first-order chi connectivity index (χ1) is 11.6. The Kier molecular flexibility index (Phi) is 14.2. The van der Waals surface area contributed by atoms with E-state index < -0.39 is 0 Å². The Labute approximate surface area is 172 Å². The van der Waals surface area contributed by atoms with Crippen LogP contribution in [0.1, 0.15) is 11.1 Å². The fourth-order valence-corrected chi connectivity index (χ4v) is 2.76. The number of methoxy groups -OCH3 is 1. The predicted molar refractivity (Wildman–Crippen MR) is 117 cm³/mol. The third-order valence-corrected chi connectivity index (χ3v) is 4.20. The highest BCUT2D eigenvalue weighted by Crippen LogP contribution is 2.16. The Morgan fingerprint density at radius 3 is 2.68 bits per heavy atom. The highest BCUT2D eigenvalue weighted by atomic mass is 127. The molecule has 0 fully saturated rings. The zero-order valence-electron chi connectivity index (χ0n) is 15.5. The molecule has 0 aromatic heterocycles. The second-order valence-electron chi connectivity index (χ2n) is 5.49. The van der Waals surface area contributed by atoms with Crippen LogP contribution in [0, 0.1) is 5.82 Å². The van der Waals surface area contributed by atoms with Crippen LogP contribution in [-0.4, -0.2) is 64.6 Å². The second-order valence-corrected chi connectivity index (χ2v) is 6.36. The summed E-state index contributed by atoms with van der Waals surface area (Å²) in [6.45, 7) is 3.94. The molecule has 0 aliphatic rings. The monoisotopic (exact) mass is 484 g/mol. The van der Waals surface area contributed by atoms with Gasteiger partial charge in [-0.05, 0) is 36.6 Å². The van der Waals surface area contributed by atoms with Crippen molar-refractivity contribution in [3.63, 3.8) is 0 Å². The van der Waals surface area contributed by atoms with Gasteiger partial charge < -0.3 is 20.3 Å². The van der Waals surface area contributed by atoms with E-state index in [1.807, 2.05) is 12.3 Å². The topological polar surface area (TPSA) is 48.9 Å². The van der Waals surface area contributed by atoms with Crippen LogP contribution in [0.25, 0.3) is 0 Å². The van der Waals surface area contributed by atoms with Crippen molar-refractivity contribution < 1.29 is 9.13 Å². The molecular formula is C17H30FIN4OS. The SMILES string of the molecule is CN=C(NCCN(C)CCOC)NCc1ccc(F)cc1CSC.I. The molecule has 25 heavy (non-hydrogen) atoms. The van der Waals surface area contributed by atoms with Crippen LogP contribution in [-0.2, 0) is 17.0 Å². The van der Waals surface area contributed by atoms with Crippen LogP contribution in [0.3, 0.4) is 0 Å². The normalized spacial score (nSPS) is 11.4. The molecule has 0 saturated heterocycles. The molecule has 0 aliphatic heterocycles. The third kappa shape index (κ3) is 10.2. The molecule has 1 rings (SSSR count). The van der Waals surface area contributed by atoms with Crippen molar-refractivity contribution in [3.8, 4) is 0 Å². The molecule has 1 aromatic rings. The second kappa shape index (κ2) is 14.6. The summed E-state index contributed by atoms with van der Waals surface area (Å²) in [6.07, 6.45) is 2.02. The lowest BCUT2D eigenvalue weighted by molar-refractivity contribution is 0.162. The van der Waals surface area contributed by atoms with E-state index >= 15 is 0 Å². The average Bonchev–Trinajstić information content (AvgIpc) is 2.57. The molecule has 1 aromatic carbocycles. The maximum absolute atomic E-state index is 13.4. The van der Waals surface area contributed by atoms with E-state index in [-0.39, 0.29) is 29.8 Å². The van der Waals surface area contributed by atoms with Crippen molar-refractivity contribution in [2.75, 3.05) is 53.7 Å². The molecule has 0 amide bonds. The molecule has 0 unspecified atom stereocenters. The molecule has 0 atom stereocenters. The fourth-order valence-electron chi connectivity index (χ4n) is 2.18. The number of aliphatic imine (C=N–C) groups is 1. The van der Waals surface area contributed by atoms with Crippen LogP contribution >= 0.6 is 35.7 Å². The highest BCUT2D eigenvalue weighted by molar-refractivity contribution is 14.0. The number of nitrogens with zero attached hydrogens (tertiary/aromatic N) is 2. The largest absolute Gasteiger partial charge is 0.383 e. The van der Waals surface area contributed by atoms with E-state index in [2.05, 4.69) is 27.6 Å². The molecule has 0 spiro atoms. The van der Waals surface area contributed by atoms with Crippen LogP contribution < -0.4 is 10.6 Å². The fraction of sp³-hybridized carbons (Fsp3) is 0.588. The number of hydrogen-bond donors (Lipinski definition) is 2. The summed E-state index contributed by atoms with van der Waals surface area (Å²) in [6, 6.07) is 4.94. The van der Waals surface area contributed by atoms with Gasteiger partial charge in [0.2, 0.25) is 0 Å². The summed E-state index contributed by atoms with van der Waals surface area (Å²) in [7, 11) is 5.51. The zero-order valence-corrected chi connectivity index (χ0v) is 18.6. The van der Waals surface area contributed by atoms with Gasteiger partial charge in [-0.25, -0.2) is 4.39 Å². The van der Waals surface area contributed by atoms with Gasteiger partial charge in [0.1, 0.15) is 5.82 Å². The molecule has 0 radical (unpaired) electrons. The summed E-state index contributed by atoms with van der Waals surface area (Å²) in [4.78, 5) is 6.42. The van der Waals surface area contributed by atoms with Crippen molar-refractivity contribution in [2.24, 2.45) is 4.99 Å². The number of halogens is 2. The number of hydrogen-bond acceptors (Lipinski definition) is 4. The number of guanidine groups is 1. The Balaban J connectivity index is 0.00000576. The lowest BCUT2D eigenvalue weighted by Gasteiger charge is -2.18. The van der Waals surface area contributed by atoms with Gasteiger partial charge in [0, 0.05) is 46.1 Å². The third-order valence-electron chi connectivity index (χ3n) is 3.60. The zero-order chi connectivity index (χ0) is 17.8. The first-order valence-corrected chi connectivity index (χ1v) is 9.38. The molecule has 0 aliphatic carbocycles. The summed E-state index contributed by atoms with van der Waals surface area (Å²) < 4.78 is 18.4. The first-order valence-electron chi connectivity index (χ1n) is 7.99. The summed E-state index contributed by atoms with van der Waals surface area (Å²) >= 11 is 1.69. The Morgan fingerprint density at radius 1 is 1.28 bits per heavy atom. The maximum atomic E-state index is 13.4. The van der Waals surface area contributed by atoms with Gasteiger partial charge in [-0.2, -0.15) is 11.8 Å². The Hall–Kier alpha value is -0.580. The minimum atomic E-state index is -0.190. The van der Waals surface area contributed by atoms with Gasteiger partial charge in [-0.3, -0.25) is 4.99 Å². The van der Waals surface area contributed by atoms with Crippen LogP contribution in [0.15, 0.2) is 23.2 Å². The minimum Gasteiger partial charge on any atom is -0.383 e. The van der Waals surface area contributed by atoms with E-state index in [4.69, 9.17) is 4.74 Å². The number of nitrogens with one attached hydrogen (secondary N) is 2. The van der Waals surface area contributed by atoms with Crippen molar-refractivity contribution in [2.45, 2.75) is 12.3 Å². The van der Waals surface area contributed by atoms with Gasteiger partial charge in [-0.15, -0.1) is 24.0 Å². The van der Waals surface area contributed by atoms with Crippen molar-refractivity contribution in [3.05, 3.63) is 35.1 Å². The van der Waals surface area contributed by atoms with E-state index in [0.29, 0.717) is 6.54 Å². The molecule has 0 heterocycles. The molecule has 0 saturated carbocycles. The van der Waals surface area contributed by atoms with Crippen molar-refractivity contribution in [1.82, 2.24) is 15.5 Å². The van der Waals surface area contributed by atoms with Crippen LogP contribution in [0.4, 0.5) is 4.39 Å². The standard InChI is InChI=1S/C17H29FN4OS.HI/c1-19-17(20-7-8-22(2)9-10-23-3)21-12-14-5-6-16(18)11-15(14)13-24-4;/h5-6,11H,7-10,12-13H2,1-4H3,(H2,19,20,21);1H. The van der Waals surface area contributed by atoms with Gasteiger partial charge in [-0.1, -0.05) is 6.07 Å². The van der Waals surface area contributed by atoms with Gasteiger partial charge in [0.05, 0.1) is 6.61 Å². The quantitative estimate of drug-likeness (QED) is 0.304. The van der Waals surface area contributed by atoms with E-state index in [0.717, 1.165) is 49.1 Å². The van der Waals surface area contributed by atoms with Crippen LogP contribution in [0.5, 0.6) is 0 Å². The van der Waals surface area contributed by atoms with Gasteiger partial charge >= 0.3 is 0 Å². The van der Waals surface area contributed by atoms with E-state index in [1.54, 1.807) is 32.0 Å². The molecule has 2 N–H and O–H groups in total. The van der Waals surface area contributed by atoms with Crippen LogP contribution in [0.2, 0.25) is 0 Å². The number of thioether (sulfide) groups is 1.